The second-order valence-electron chi connectivity index (χ2n) is 3.23. The van der Waals surface area contributed by atoms with Gasteiger partial charge in [-0.1, -0.05) is 0 Å². The van der Waals surface area contributed by atoms with Crippen LogP contribution in [0.1, 0.15) is 19.8 Å². The number of aliphatic hydroxyl groups is 1. The molecule has 1 saturated carbocycles. The van der Waals surface area contributed by atoms with Crippen LogP contribution in [0, 0.1) is 5.41 Å². The van der Waals surface area contributed by atoms with Crippen LogP contribution >= 0.6 is 0 Å². The normalized spacial score (nSPS) is 18.5. The molecule has 70 valence electrons. The zero-order valence-electron chi connectivity index (χ0n) is 7.30. The predicted octanol–water partition coefficient (Wildman–Crippen LogP) is 0.505. The Hall–Kier alpha value is -0.770. The molecule has 0 aromatic heterocycles. The number of ether oxygens (including phenoxy) is 1. The Balaban J connectivity index is 2.12. The first kappa shape index (κ1) is 9.32. The molecular weight excluding hydrogens is 158 g/mol. The third-order valence-electron chi connectivity index (χ3n) is 2.18. The fraction of sp³-hybridized carbons (Fsp3) is 0.875. The van der Waals surface area contributed by atoms with Gasteiger partial charge in [-0.3, -0.25) is 0 Å². The van der Waals surface area contributed by atoms with Crippen molar-refractivity contribution in [2.24, 2.45) is 5.41 Å². The Morgan fingerprint density at radius 3 is 2.75 bits per heavy atom. The molecular formula is C8H15NO3. The number of nitrogens with one attached hydrogen (secondary N) is 1. The maximum absolute atomic E-state index is 10.8. The van der Waals surface area contributed by atoms with Crippen LogP contribution in [0.15, 0.2) is 0 Å². The van der Waals surface area contributed by atoms with Gasteiger partial charge in [0.15, 0.2) is 0 Å². The lowest BCUT2D eigenvalue weighted by Crippen LogP contribution is -2.32. The maximum atomic E-state index is 10.8. The number of alkyl carbamates (subject to hydrolysis) is 1. The quantitative estimate of drug-likeness (QED) is 0.651. The molecule has 0 aliphatic heterocycles. The second kappa shape index (κ2) is 3.76. The average molecular weight is 173 g/mol. The SMILES string of the molecule is CCOC(=O)NCC1(CO)CC1. The summed E-state index contributed by atoms with van der Waals surface area (Å²) in [7, 11) is 0. The monoisotopic (exact) mass is 173 g/mol. The molecule has 0 unspecified atom stereocenters. The highest BCUT2D eigenvalue weighted by Crippen LogP contribution is 2.44. The van der Waals surface area contributed by atoms with E-state index in [1.54, 1.807) is 6.92 Å². The minimum absolute atomic E-state index is 0.0350. The lowest BCUT2D eigenvalue weighted by Gasteiger charge is -2.11. The van der Waals surface area contributed by atoms with Gasteiger partial charge in [-0.25, -0.2) is 4.79 Å². The molecule has 0 spiro atoms. The molecule has 0 aromatic rings. The van der Waals surface area contributed by atoms with E-state index in [4.69, 9.17) is 5.11 Å². The van der Waals surface area contributed by atoms with Crippen LogP contribution in [-0.2, 0) is 4.74 Å². The van der Waals surface area contributed by atoms with Crippen molar-refractivity contribution in [2.75, 3.05) is 19.8 Å². The largest absolute Gasteiger partial charge is 0.450 e. The second-order valence-corrected chi connectivity index (χ2v) is 3.23. The fourth-order valence-corrected chi connectivity index (χ4v) is 1.01. The summed E-state index contributed by atoms with van der Waals surface area (Å²) in [6.45, 7) is 2.83. The van der Waals surface area contributed by atoms with Gasteiger partial charge in [0.25, 0.3) is 0 Å². The third-order valence-corrected chi connectivity index (χ3v) is 2.18. The van der Waals surface area contributed by atoms with Crippen LogP contribution in [0.2, 0.25) is 0 Å². The molecule has 4 nitrogen and oxygen atoms in total. The fourth-order valence-electron chi connectivity index (χ4n) is 1.01. The van der Waals surface area contributed by atoms with Gasteiger partial charge in [0.2, 0.25) is 0 Å². The molecule has 0 radical (unpaired) electrons. The summed E-state index contributed by atoms with van der Waals surface area (Å²) in [5.41, 5.74) is -0.0350. The van der Waals surface area contributed by atoms with Gasteiger partial charge in [-0.05, 0) is 19.8 Å². The van der Waals surface area contributed by atoms with Crippen molar-refractivity contribution < 1.29 is 14.6 Å². The topological polar surface area (TPSA) is 58.6 Å². The van der Waals surface area contributed by atoms with Crippen molar-refractivity contribution in [3.05, 3.63) is 0 Å². The van der Waals surface area contributed by atoms with Gasteiger partial charge in [0.1, 0.15) is 0 Å². The molecule has 1 amide bonds. The highest BCUT2D eigenvalue weighted by Gasteiger charge is 2.42. The Labute approximate surface area is 71.9 Å². The van der Waals surface area contributed by atoms with Gasteiger partial charge in [0.05, 0.1) is 13.2 Å². The van der Waals surface area contributed by atoms with E-state index >= 15 is 0 Å². The van der Waals surface area contributed by atoms with Crippen LogP contribution in [0.5, 0.6) is 0 Å². The smallest absolute Gasteiger partial charge is 0.407 e. The van der Waals surface area contributed by atoms with Gasteiger partial charge < -0.3 is 15.2 Å². The molecule has 0 saturated heterocycles. The van der Waals surface area contributed by atoms with Crippen molar-refractivity contribution >= 4 is 6.09 Å². The number of carbonyl (C=O) groups excluding carboxylic acids is 1. The highest BCUT2D eigenvalue weighted by atomic mass is 16.5. The molecule has 1 fully saturated rings. The van der Waals surface area contributed by atoms with Crippen molar-refractivity contribution in [1.82, 2.24) is 5.32 Å². The summed E-state index contributed by atoms with van der Waals surface area (Å²) in [5.74, 6) is 0. The van der Waals surface area contributed by atoms with Crippen LogP contribution in [0.3, 0.4) is 0 Å². The summed E-state index contributed by atoms with van der Waals surface area (Å²) in [6.07, 6.45) is 1.60. The molecule has 1 rings (SSSR count). The number of amides is 1. The van der Waals surface area contributed by atoms with E-state index in [9.17, 15) is 4.79 Å². The maximum Gasteiger partial charge on any atom is 0.407 e. The van der Waals surface area contributed by atoms with Gasteiger partial charge in [0, 0.05) is 12.0 Å². The molecule has 4 heteroatoms. The highest BCUT2D eigenvalue weighted by molar-refractivity contribution is 5.67. The van der Waals surface area contributed by atoms with Crippen molar-refractivity contribution in [2.45, 2.75) is 19.8 Å². The Morgan fingerprint density at radius 1 is 1.67 bits per heavy atom. The lowest BCUT2D eigenvalue weighted by atomic mass is 10.1. The Bertz CT molecular complexity index is 166. The lowest BCUT2D eigenvalue weighted by molar-refractivity contribution is 0.144. The molecule has 1 aliphatic rings. The number of carbonyl (C=O) groups is 1. The molecule has 0 heterocycles. The molecule has 2 N–H and O–H groups in total. The van der Waals surface area contributed by atoms with Crippen LogP contribution in [0.25, 0.3) is 0 Å². The summed E-state index contributed by atoms with van der Waals surface area (Å²) in [6, 6.07) is 0. The zero-order chi connectivity index (χ0) is 9.03. The summed E-state index contributed by atoms with van der Waals surface area (Å²) in [5, 5.41) is 11.5. The van der Waals surface area contributed by atoms with Crippen LogP contribution in [0.4, 0.5) is 4.79 Å². The molecule has 1 aliphatic carbocycles. The summed E-state index contributed by atoms with van der Waals surface area (Å²) >= 11 is 0. The summed E-state index contributed by atoms with van der Waals surface area (Å²) in [4.78, 5) is 10.8. The van der Waals surface area contributed by atoms with Crippen LogP contribution in [-0.4, -0.2) is 31.0 Å². The van der Waals surface area contributed by atoms with E-state index in [0.29, 0.717) is 13.2 Å². The summed E-state index contributed by atoms with van der Waals surface area (Å²) < 4.78 is 4.68. The Kier molecular flexibility index (Phi) is 2.92. The van der Waals surface area contributed by atoms with Crippen LogP contribution < -0.4 is 5.32 Å². The third kappa shape index (κ3) is 2.37. The van der Waals surface area contributed by atoms with Crippen molar-refractivity contribution in [3.8, 4) is 0 Å². The Morgan fingerprint density at radius 2 is 2.33 bits per heavy atom. The number of hydrogen-bond donors (Lipinski definition) is 2. The molecule has 0 atom stereocenters. The van der Waals surface area contributed by atoms with Crippen molar-refractivity contribution in [3.63, 3.8) is 0 Å². The first-order valence-corrected chi connectivity index (χ1v) is 4.24. The first-order chi connectivity index (χ1) is 5.72. The van der Waals surface area contributed by atoms with Gasteiger partial charge in [-0.2, -0.15) is 0 Å². The van der Waals surface area contributed by atoms with E-state index in [-0.39, 0.29) is 12.0 Å². The number of rotatable bonds is 4. The predicted molar refractivity (Wildman–Crippen MR) is 43.8 cm³/mol. The molecule has 0 bridgehead atoms. The average Bonchev–Trinajstić information content (AvgIpc) is 2.82. The van der Waals surface area contributed by atoms with E-state index in [1.165, 1.54) is 0 Å². The van der Waals surface area contributed by atoms with E-state index < -0.39 is 6.09 Å². The number of hydrogen-bond acceptors (Lipinski definition) is 3. The van der Waals surface area contributed by atoms with E-state index in [0.717, 1.165) is 12.8 Å². The zero-order valence-corrected chi connectivity index (χ0v) is 7.30. The molecule has 0 aromatic carbocycles. The van der Waals surface area contributed by atoms with E-state index in [2.05, 4.69) is 10.1 Å². The van der Waals surface area contributed by atoms with Gasteiger partial charge >= 0.3 is 6.09 Å². The van der Waals surface area contributed by atoms with E-state index in [1.807, 2.05) is 0 Å². The number of aliphatic hydroxyl groups excluding tert-OH is 1. The minimum atomic E-state index is -0.391. The van der Waals surface area contributed by atoms with Crippen molar-refractivity contribution in [1.29, 1.82) is 0 Å². The van der Waals surface area contributed by atoms with Gasteiger partial charge in [-0.15, -0.1) is 0 Å². The standard InChI is InChI=1S/C8H15NO3/c1-2-12-7(11)9-5-8(6-10)3-4-8/h10H,2-6H2,1H3,(H,9,11). The first-order valence-electron chi connectivity index (χ1n) is 4.24. The molecule has 12 heavy (non-hydrogen) atoms. The minimum Gasteiger partial charge on any atom is -0.450 e.